The van der Waals surface area contributed by atoms with Crippen molar-refractivity contribution >= 4 is 0 Å². The lowest BCUT2D eigenvalue weighted by Crippen LogP contribution is -2.05. The smallest absolute Gasteiger partial charge is 0.0209 e. The van der Waals surface area contributed by atoms with E-state index < -0.39 is 0 Å². The summed E-state index contributed by atoms with van der Waals surface area (Å²) in [6.45, 7) is 13.5. The van der Waals surface area contributed by atoms with E-state index in [9.17, 15) is 0 Å². The van der Waals surface area contributed by atoms with Gasteiger partial charge in [-0.25, -0.2) is 0 Å². The minimum Gasteiger partial charge on any atom is -0.0772 e. The molecular formula is C10H20. The molecule has 0 aromatic heterocycles. The van der Waals surface area contributed by atoms with Crippen molar-refractivity contribution in [3.05, 3.63) is 11.1 Å². The lowest BCUT2D eigenvalue weighted by atomic mass is 9.89. The molecule has 0 bridgehead atoms. The van der Waals surface area contributed by atoms with Crippen molar-refractivity contribution in [2.45, 2.75) is 41.5 Å². The van der Waals surface area contributed by atoms with Gasteiger partial charge in [0, 0.05) is 0 Å². The van der Waals surface area contributed by atoms with Crippen LogP contribution < -0.4 is 0 Å². The summed E-state index contributed by atoms with van der Waals surface area (Å²) < 4.78 is 0. The fourth-order valence-corrected chi connectivity index (χ4v) is 0.955. The van der Waals surface area contributed by atoms with Crippen molar-refractivity contribution in [3.63, 3.8) is 0 Å². The zero-order valence-corrected chi connectivity index (χ0v) is 8.15. The van der Waals surface area contributed by atoms with Gasteiger partial charge in [-0.15, -0.1) is 0 Å². The van der Waals surface area contributed by atoms with Crippen LogP contribution in [0, 0.1) is 11.8 Å². The number of hydrogen-bond donors (Lipinski definition) is 0. The monoisotopic (exact) mass is 140 g/mol. The summed E-state index contributed by atoms with van der Waals surface area (Å²) in [6, 6.07) is 0. The van der Waals surface area contributed by atoms with Gasteiger partial charge >= 0.3 is 0 Å². The Bertz CT molecular complexity index is 125. The maximum Gasteiger partial charge on any atom is -0.0209 e. The molecule has 0 aromatic carbocycles. The van der Waals surface area contributed by atoms with Gasteiger partial charge in [0.2, 0.25) is 0 Å². The minimum atomic E-state index is 0.741. The van der Waals surface area contributed by atoms with Gasteiger partial charge in [-0.1, -0.05) is 31.9 Å². The Kier molecular flexibility index (Phi) is 3.70. The molecule has 0 aliphatic heterocycles. The molecule has 0 aliphatic carbocycles. The second kappa shape index (κ2) is 3.80. The van der Waals surface area contributed by atoms with E-state index in [4.69, 9.17) is 0 Å². The highest BCUT2D eigenvalue weighted by atomic mass is 14.1. The van der Waals surface area contributed by atoms with Crippen LogP contribution in [-0.2, 0) is 0 Å². The van der Waals surface area contributed by atoms with Crippen molar-refractivity contribution in [1.29, 1.82) is 0 Å². The molecule has 0 fully saturated rings. The van der Waals surface area contributed by atoms with E-state index in [-0.39, 0.29) is 0 Å². The molecule has 1 atom stereocenters. The first-order valence-electron chi connectivity index (χ1n) is 4.10. The molecule has 0 radical (unpaired) electrons. The van der Waals surface area contributed by atoms with Crippen molar-refractivity contribution in [2.24, 2.45) is 11.8 Å². The first kappa shape index (κ1) is 9.74. The second-order valence-corrected chi connectivity index (χ2v) is 3.72. The Balaban J connectivity index is 4.22. The predicted molar refractivity (Wildman–Crippen MR) is 48.1 cm³/mol. The van der Waals surface area contributed by atoms with Crippen molar-refractivity contribution in [3.8, 4) is 0 Å². The van der Waals surface area contributed by atoms with Gasteiger partial charge in [-0.2, -0.15) is 0 Å². The lowest BCUT2D eigenvalue weighted by molar-refractivity contribution is 0.477. The summed E-state index contributed by atoms with van der Waals surface area (Å²) >= 11 is 0. The summed E-state index contributed by atoms with van der Waals surface area (Å²) in [5, 5.41) is 0. The quantitative estimate of drug-likeness (QED) is 0.514. The molecule has 0 amide bonds. The number of hydrogen-bond acceptors (Lipinski definition) is 0. The summed E-state index contributed by atoms with van der Waals surface area (Å²) in [7, 11) is 0. The van der Waals surface area contributed by atoms with Crippen LogP contribution in [0.2, 0.25) is 0 Å². The van der Waals surface area contributed by atoms with E-state index in [0.29, 0.717) is 0 Å². The van der Waals surface area contributed by atoms with Crippen LogP contribution in [0.5, 0.6) is 0 Å². The summed E-state index contributed by atoms with van der Waals surface area (Å²) in [6.07, 6.45) is 0. The van der Waals surface area contributed by atoms with E-state index in [0.717, 1.165) is 11.8 Å². The molecule has 0 aromatic rings. The van der Waals surface area contributed by atoms with Gasteiger partial charge in [0.25, 0.3) is 0 Å². The molecule has 0 rings (SSSR count). The summed E-state index contributed by atoms with van der Waals surface area (Å²) in [5.74, 6) is 1.51. The van der Waals surface area contributed by atoms with Gasteiger partial charge in [0.05, 0.1) is 0 Å². The number of allylic oxidation sites excluding steroid dienone is 2. The molecular weight excluding hydrogens is 120 g/mol. The zero-order chi connectivity index (χ0) is 8.31. The third kappa shape index (κ3) is 2.55. The fourth-order valence-electron chi connectivity index (χ4n) is 0.955. The first-order chi connectivity index (χ1) is 4.46. The standard InChI is InChI=1S/C10H20/c1-7(2)9(5)10(6)8(3)4/h7,9H,1-6H3/t9-/m1/s1. The molecule has 0 unspecified atom stereocenters. The van der Waals surface area contributed by atoms with Crippen LogP contribution >= 0.6 is 0 Å². The van der Waals surface area contributed by atoms with Crippen LogP contribution in [0.3, 0.4) is 0 Å². The molecule has 0 heteroatoms. The maximum absolute atomic E-state index is 2.30. The Labute approximate surface area is 65.3 Å². The van der Waals surface area contributed by atoms with Gasteiger partial charge in [0.1, 0.15) is 0 Å². The molecule has 0 N–H and O–H groups in total. The number of rotatable bonds is 2. The normalized spacial score (nSPS) is 13.5. The average molecular weight is 140 g/mol. The molecule has 60 valence electrons. The summed E-state index contributed by atoms with van der Waals surface area (Å²) in [4.78, 5) is 0. The Morgan fingerprint density at radius 1 is 0.900 bits per heavy atom. The van der Waals surface area contributed by atoms with E-state index in [1.807, 2.05) is 0 Å². The van der Waals surface area contributed by atoms with Gasteiger partial charge < -0.3 is 0 Å². The molecule has 0 spiro atoms. The highest BCUT2D eigenvalue weighted by Gasteiger charge is 2.08. The van der Waals surface area contributed by atoms with Crippen molar-refractivity contribution < 1.29 is 0 Å². The van der Waals surface area contributed by atoms with Gasteiger partial charge in [-0.3, -0.25) is 0 Å². The molecule has 0 saturated heterocycles. The third-order valence-corrected chi connectivity index (χ3v) is 2.47. The maximum atomic E-state index is 2.30. The zero-order valence-electron chi connectivity index (χ0n) is 8.15. The van der Waals surface area contributed by atoms with Crippen LogP contribution in [0.4, 0.5) is 0 Å². The van der Waals surface area contributed by atoms with E-state index >= 15 is 0 Å². The van der Waals surface area contributed by atoms with Crippen molar-refractivity contribution in [2.75, 3.05) is 0 Å². The molecule has 0 aliphatic rings. The SMILES string of the molecule is CC(C)=C(C)[C@H](C)C(C)C. The van der Waals surface area contributed by atoms with E-state index in [1.54, 1.807) is 5.57 Å². The Morgan fingerprint density at radius 2 is 1.30 bits per heavy atom. The van der Waals surface area contributed by atoms with Crippen LogP contribution in [0.15, 0.2) is 11.1 Å². The molecule has 0 heterocycles. The molecule has 10 heavy (non-hydrogen) atoms. The van der Waals surface area contributed by atoms with Crippen LogP contribution in [0.1, 0.15) is 41.5 Å². The van der Waals surface area contributed by atoms with Crippen molar-refractivity contribution in [1.82, 2.24) is 0 Å². The third-order valence-electron chi connectivity index (χ3n) is 2.47. The van der Waals surface area contributed by atoms with E-state index in [1.165, 1.54) is 5.57 Å². The van der Waals surface area contributed by atoms with E-state index in [2.05, 4.69) is 41.5 Å². The predicted octanol–water partition coefficient (Wildman–Crippen LogP) is 3.63. The Hall–Kier alpha value is -0.260. The molecule has 0 nitrogen and oxygen atoms in total. The first-order valence-corrected chi connectivity index (χ1v) is 4.10. The van der Waals surface area contributed by atoms with Crippen LogP contribution in [0.25, 0.3) is 0 Å². The Morgan fingerprint density at radius 3 is 1.40 bits per heavy atom. The topological polar surface area (TPSA) is 0 Å². The second-order valence-electron chi connectivity index (χ2n) is 3.72. The largest absolute Gasteiger partial charge is 0.0772 e. The highest BCUT2D eigenvalue weighted by Crippen LogP contribution is 2.21. The van der Waals surface area contributed by atoms with Gasteiger partial charge in [0.15, 0.2) is 0 Å². The van der Waals surface area contributed by atoms with Crippen LogP contribution in [-0.4, -0.2) is 0 Å². The highest BCUT2D eigenvalue weighted by molar-refractivity contribution is 5.10. The fraction of sp³-hybridized carbons (Fsp3) is 0.800. The molecule has 0 saturated carbocycles. The minimum absolute atomic E-state index is 0.741. The summed E-state index contributed by atoms with van der Waals surface area (Å²) in [5.41, 5.74) is 3.02. The van der Waals surface area contributed by atoms with Gasteiger partial charge in [-0.05, 0) is 32.6 Å². The average Bonchev–Trinajstić information content (AvgIpc) is 1.84. The lowest BCUT2D eigenvalue weighted by Gasteiger charge is -2.17.